The zero-order valence-corrected chi connectivity index (χ0v) is 9.92. The lowest BCUT2D eigenvalue weighted by molar-refractivity contribution is 0.194. The molecule has 1 aromatic carbocycles. The number of hydrogen-bond donors (Lipinski definition) is 2. The van der Waals surface area contributed by atoms with Crippen LogP contribution in [-0.2, 0) is 11.3 Å². The van der Waals surface area contributed by atoms with Gasteiger partial charge >= 0.3 is 6.09 Å². The molecule has 0 aliphatic heterocycles. The molecule has 0 atom stereocenters. The van der Waals surface area contributed by atoms with Gasteiger partial charge in [0.05, 0.1) is 6.61 Å². The number of ether oxygens (including phenoxy) is 1. The normalized spacial score (nSPS) is 10.1. The maximum absolute atomic E-state index is 10.4. The molecule has 88 valence electrons. The lowest BCUT2D eigenvalue weighted by Crippen LogP contribution is -2.20. The monoisotopic (exact) mass is 241 g/mol. The van der Waals surface area contributed by atoms with E-state index in [-0.39, 0.29) is 0 Å². The molecule has 4 nitrogen and oxygen atoms in total. The van der Waals surface area contributed by atoms with Gasteiger partial charge in [-0.3, -0.25) is 0 Å². The van der Waals surface area contributed by atoms with Gasteiger partial charge in [-0.1, -0.05) is 18.2 Å². The summed E-state index contributed by atoms with van der Waals surface area (Å²) >= 11 is 1.67. The summed E-state index contributed by atoms with van der Waals surface area (Å²) in [5.74, 6) is 0.862. The van der Waals surface area contributed by atoms with Gasteiger partial charge in [0.1, 0.15) is 0 Å². The summed E-state index contributed by atoms with van der Waals surface area (Å²) < 4.78 is 4.97. The molecule has 0 spiro atoms. The predicted octanol–water partition coefficient (Wildman–Crippen LogP) is 2.19. The first-order valence-electron chi connectivity index (χ1n) is 4.90. The zero-order valence-electron chi connectivity index (χ0n) is 9.10. The summed E-state index contributed by atoms with van der Waals surface area (Å²) in [6, 6.07) is 7.75. The molecule has 0 bridgehead atoms. The average Bonchev–Trinajstić information content (AvgIpc) is 2.28. The van der Waals surface area contributed by atoms with Crippen LogP contribution < -0.4 is 5.32 Å². The molecule has 1 amide bonds. The van der Waals surface area contributed by atoms with E-state index in [4.69, 9.17) is 9.84 Å². The molecule has 0 unspecified atom stereocenters. The second-order valence-electron chi connectivity index (χ2n) is 3.11. The quantitative estimate of drug-likeness (QED) is 0.592. The van der Waals surface area contributed by atoms with E-state index in [1.165, 1.54) is 0 Å². The van der Waals surface area contributed by atoms with Crippen molar-refractivity contribution in [2.45, 2.75) is 11.4 Å². The molecule has 5 heteroatoms. The third-order valence-corrected chi connectivity index (χ3v) is 3.03. The summed E-state index contributed by atoms with van der Waals surface area (Å²) in [7, 11) is 1.67. The van der Waals surface area contributed by atoms with E-state index in [9.17, 15) is 4.79 Å². The summed E-state index contributed by atoms with van der Waals surface area (Å²) in [6.45, 7) is 1.02. The molecule has 1 aromatic rings. The fraction of sp³-hybridized carbons (Fsp3) is 0.364. The molecule has 0 aromatic heterocycles. The van der Waals surface area contributed by atoms with Gasteiger partial charge in [-0.25, -0.2) is 4.79 Å². The second-order valence-corrected chi connectivity index (χ2v) is 4.24. The van der Waals surface area contributed by atoms with Crippen LogP contribution in [0.4, 0.5) is 4.79 Å². The number of benzene rings is 1. The van der Waals surface area contributed by atoms with Crippen molar-refractivity contribution in [3.05, 3.63) is 29.8 Å². The minimum absolute atomic E-state index is 0.339. The first-order chi connectivity index (χ1) is 7.74. The van der Waals surface area contributed by atoms with Crippen LogP contribution in [0, 0.1) is 0 Å². The fourth-order valence-electron chi connectivity index (χ4n) is 1.20. The Morgan fingerprint density at radius 1 is 1.50 bits per heavy atom. The highest BCUT2D eigenvalue weighted by Crippen LogP contribution is 2.22. The van der Waals surface area contributed by atoms with Gasteiger partial charge < -0.3 is 15.2 Å². The van der Waals surface area contributed by atoms with Gasteiger partial charge in [-0.05, 0) is 11.6 Å². The van der Waals surface area contributed by atoms with Crippen molar-refractivity contribution in [3.63, 3.8) is 0 Å². The number of carbonyl (C=O) groups is 1. The van der Waals surface area contributed by atoms with Crippen LogP contribution in [0.15, 0.2) is 29.2 Å². The summed E-state index contributed by atoms with van der Waals surface area (Å²) in [5, 5.41) is 10.9. The second kappa shape index (κ2) is 7.14. The summed E-state index contributed by atoms with van der Waals surface area (Å²) in [6.07, 6.45) is -1.00. The van der Waals surface area contributed by atoms with Crippen LogP contribution in [0.25, 0.3) is 0 Å². The third kappa shape index (κ3) is 4.55. The first-order valence-corrected chi connectivity index (χ1v) is 5.89. The molecular weight excluding hydrogens is 226 g/mol. The van der Waals surface area contributed by atoms with E-state index in [2.05, 4.69) is 5.32 Å². The Morgan fingerprint density at radius 3 is 2.94 bits per heavy atom. The number of carboxylic acid groups (broad SMARTS) is 1. The largest absolute Gasteiger partial charge is 0.465 e. The average molecular weight is 241 g/mol. The van der Waals surface area contributed by atoms with E-state index in [1.54, 1.807) is 18.9 Å². The Balaban J connectivity index is 2.56. The number of amides is 1. The first kappa shape index (κ1) is 12.9. The van der Waals surface area contributed by atoms with Crippen molar-refractivity contribution in [2.75, 3.05) is 19.5 Å². The molecule has 1 rings (SSSR count). The maximum Gasteiger partial charge on any atom is 0.404 e. The Hall–Kier alpha value is -1.20. The van der Waals surface area contributed by atoms with E-state index in [1.807, 2.05) is 24.3 Å². The van der Waals surface area contributed by atoms with Gasteiger partial charge in [0.25, 0.3) is 0 Å². The highest BCUT2D eigenvalue weighted by atomic mass is 32.2. The van der Waals surface area contributed by atoms with Gasteiger partial charge in [0, 0.05) is 24.3 Å². The molecule has 0 fully saturated rings. The Labute approximate surface area is 99.0 Å². The van der Waals surface area contributed by atoms with E-state index in [0.717, 1.165) is 16.2 Å². The molecule has 0 saturated heterocycles. The highest BCUT2D eigenvalue weighted by Gasteiger charge is 2.03. The SMILES string of the molecule is COCCSc1ccccc1CNC(=O)O. The lowest BCUT2D eigenvalue weighted by Gasteiger charge is -2.08. The summed E-state index contributed by atoms with van der Waals surface area (Å²) in [4.78, 5) is 11.5. The van der Waals surface area contributed by atoms with Gasteiger partial charge in [0.2, 0.25) is 0 Å². The smallest absolute Gasteiger partial charge is 0.404 e. The topological polar surface area (TPSA) is 58.6 Å². The number of hydrogen-bond acceptors (Lipinski definition) is 3. The molecule has 16 heavy (non-hydrogen) atoms. The highest BCUT2D eigenvalue weighted by molar-refractivity contribution is 7.99. The Kier molecular flexibility index (Phi) is 5.74. The summed E-state index contributed by atoms with van der Waals surface area (Å²) in [5.41, 5.74) is 0.992. The van der Waals surface area contributed by atoms with E-state index < -0.39 is 6.09 Å². The molecule has 0 aliphatic carbocycles. The standard InChI is InChI=1S/C11H15NO3S/c1-15-6-7-16-10-5-3-2-4-9(10)8-12-11(13)14/h2-5,12H,6-8H2,1H3,(H,13,14). The number of nitrogens with one attached hydrogen (secondary N) is 1. The van der Waals surface area contributed by atoms with Crippen LogP contribution in [0.3, 0.4) is 0 Å². The number of rotatable bonds is 6. The molecule has 0 heterocycles. The van der Waals surface area contributed by atoms with Crippen molar-refractivity contribution in [3.8, 4) is 0 Å². The number of methoxy groups -OCH3 is 1. The number of thioether (sulfide) groups is 1. The van der Waals surface area contributed by atoms with E-state index >= 15 is 0 Å². The van der Waals surface area contributed by atoms with Gasteiger partial charge in [-0.15, -0.1) is 11.8 Å². The predicted molar refractivity (Wildman–Crippen MR) is 63.9 cm³/mol. The molecule has 2 N–H and O–H groups in total. The third-order valence-electron chi connectivity index (χ3n) is 1.95. The van der Waals surface area contributed by atoms with Crippen molar-refractivity contribution in [2.24, 2.45) is 0 Å². The minimum atomic E-state index is -1.00. The van der Waals surface area contributed by atoms with Crippen molar-refractivity contribution in [1.29, 1.82) is 0 Å². The van der Waals surface area contributed by atoms with Crippen molar-refractivity contribution < 1.29 is 14.6 Å². The molecule has 0 radical (unpaired) electrons. The lowest BCUT2D eigenvalue weighted by atomic mass is 10.2. The Bertz CT molecular complexity index is 344. The molecular formula is C11H15NO3S. The molecule has 0 saturated carbocycles. The van der Waals surface area contributed by atoms with Crippen LogP contribution in [0.2, 0.25) is 0 Å². The van der Waals surface area contributed by atoms with E-state index in [0.29, 0.717) is 13.2 Å². The Morgan fingerprint density at radius 2 is 2.25 bits per heavy atom. The zero-order chi connectivity index (χ0) is 11.8. The minimum Gasteiger partial charge on any atom is -0.465 e. The van der Waals surface area contributed by atoms with Gasteiger partial charge in [-0.2, -0.15) is 0 Å². The van der Waals surface area contributed by atoms with Gasteiger partial charge in [0.15, 0.2) is 0 Å². The van der Waals surface area contributed by atoms with Crippen LogP contribution in [0.1, 0.15) is 5.56 Å². The fourth-order valence-corrected chi connectivity index (χ4v) is 2.17. The van der Waals surface area contributed by atoms with Crippen molar-refractivity contribution in [1.82, 2.24) is 5.32 Å². The van der Waals surface area contributed by atoms with Crippen LogP contribution in [0.5, 0.6) is 0 Å². The maximum atomic E-state index is 10.4. The van der Waals surface area contributed by atoms with Crippen LogP contribution >= 0.6 is 11.8 Å². The van der Waals surface area contributed by atoms with Crippen molar-refractivity contribution >= 4 is 17.9 Å². The molecule has 0 aliphatic rings. The van der Waals surface area contributed by atoms with Crippen LogP contribution in [-0.4, -0.2) is 30.7 Å².